The van der Waals surface area contributed by atoms with Crippen LogP contribution in [0.2, 0.25) is 0 Å². The van der Waals surface area contributed by atoms with E-state index < -0.39 is 0 Å². The lowest BCUT2D eigenvalue weighted by Gasteiger charge is -2.07. The van der Waals surface area contributed by atoms with Gasteiger partial charge >= 0.3 is 0 Å². The molecule has 0 aliphatic carbocycles. The maximum absolute atomic E-state index is 5.96. The topological polar surface area (TPSA) is 26.0 Å². The van der Waals surface area contributed by atoms with Crippen LogP contribution in [-0.2, 0) is 5.75 Å². The molecule has 0 atom stereocenters. The quantitative estimate of drug-likeness (QED) is 0.646. The highest BCUT2D eigenvalue weighted by Crippen LogP contribution is 2.28. The van der Waals surface area contributed by atoms with Crippen LogP contribution in [0.4, 0.5) is 5.69 Å². The van der Waals surface area contributed by atoms with Crippen LogP contribution in [0.3, 0.4) is 0 Å². The first kappa shape index (κ1) is 12.1. The number of nitrogens with two attached hydrogens (primary N) is 1. The monoisotopic (exact) mass is 243 g/mol. The molecule has 2 rings (SSSR count). The van der Waals surface area contributed by atoms with Gasteiger partial charge in [0.15, 0.2) is 0 Å². The predicted octanol–water partition coefficient (Wildman–Crippen LogP) is 4.18. The summed E-state index contributed by atoms with van der Waals surface area (Å²) in [5.74, 6) is 0.966. The molecule has 2 aromatic carbocycles. The summed E-state index contributed by atoms with van der Waals surface area (Å²) in [7, 11) is 0. The van der Waals surface area contributed by atoms with Gasteiger partial charge in [-0.3, -0.25) is 0 Å². The van der Waals surface area contributed by atoms with Crippen molar-refractivity contribution in [1.29, 1.82) is 0 Å². The zero-order valence-electron chi connectivity index (χ0n) is 10.2. The van der Waals surface area contributed by atoms with Gasteiger partial charge in [0.25, 0.3) is 0 Å². The molecule has 0 spiro atoms. The van der Waals surface area contributed by atoms with Crippen LogP contribution in [-0.4, -0.2) is 0 Å². The van der Waals surface area contributed by atoms with Crippen LogP contribution in [0.5, 0.6) is 0 Å². The minimum absolute atomic E-state index is 0.868. The van der Waals surface area contributed by atoms with E-state index in [1.165, 1.54) is 21.6 Å². The first-order valence-corrected chi connectivity index (χ1v) is 6.68. The second-order valence-electron chi connectivity index (χ2n) is 4.32. The van der Waals surface area contributed by atoms with Gasteiger partial charge in [-0.1, -0.05) is 35.9 Å². The van der Waals surface area contributed by atoms with Gasteiger partial charge in [0.1, 0.15) is 0 Å². The summed E-state index contributed by atoms with van der Waals surface area (Å²) in [5.41, 5.74) is 10.7. The molecule has 0 amide bonds. The first-order valence-electron chi connectivity index (χ1n) is 5.69. The fourth-order valence-corrected chi connectivity index (χ4v) is 2.63. The highest BCUT2D eigenvalue weighted by molar-refractivity contribution is 7.98. The Hall–Kier alpha value is -1.41. The molecular formula is C15H17NS. The summed E-state index contributed by atoms with van der Waals surface area (Å²) in [5, 5.41) is 0. The molecule has 2 aromatic rings. The van der Waals surface area contributed by atoms with Crippen LogP contribution in [0.25, 0.3) is 0 Å². The number of nitrogen functional groups attached to an aromatic ring is 1. The van der Waals surface area contributed by atoms with E-state index in [0.29, 0.717) is 0 Å². The molecule has 0 saturated heterocycles. The number of benzene rings is 2. The summed E-state index contributed by atoms with van der Waals surface area (Å²) < 4.78 is 0. The van der Waals surface area contributed by atoms with Crippen molar-refractivity contribution >= 4 is 17.4 Å². The lowest BCUT2D eigenvalue weighted by molar-refractivity contribution is 1.33. The summed E-state index contributed by atoms with van der Waals surface area (Å²) in [6.45, 7) is 4.20. The van der Waals surface area contributed by atoms with Crippen molar-refractivity contribution < 1.29 is 0 Å². The molecule has 0 radical (unpaired) electrons. The molecular weight excluding hydrogens is 226 g/mol. The van der Waals surface area contributed by atoms with E-state index in [2.05, 4.69) is 44.2 Å². The molecule has 0 saturated carbocycles. The highest BCUT2D eigenvalue weighted by atomic mass is 32.2. The fourth-order valence-electron chi connectivity index (χ4n) is 1.61. The van der Waals surface area contributed by atoms with Crippen LogP contribution in [0.1, 0.15) is 16.7 Å². The SMILES string of the molecule is Cc1ccc(CSc2cc(C)ccc2N)cc1. The Balaban J connectivity index is 2.07. The van der Waals surface area contributed by atoms with Crippen molar-refractivity contribution in [2.45, 2.75) is 24.5 Å². The highest BCUT2D eigenvalue weighted by Gasteiger charge is 2.01. The van der Waals surface area contributed by atoms with Gasteiger partial charge in [0.2, 0.25) is 0 Å². The lowest BCUT2D eigenvalue weighted by atomic mass is 10.2. The minimum Gasteiger partial charge on any atom is -0.398 e. The zero-order chi connectivity index (χ0) is 12.3. The maximum atomic E-state index is 5.96. The largest absolute Gasteiger partial charge is 0.398 e. The van der Waals surface area contributed by atoms with Gasteiger partial charge in [0, 0.05) is 16.3 Å². The van der Waals surface area contributed by atoms with Crippen molar-refractivity contribution in [2.24, 2.45) is 0 Å². The van der Waals surface area contributed by atoms with Gasteiger partial charge < -0.3 is 5.73 Å². The average molecular weight is 243 g/mol. The fraction of sp³-hybridized carbons (Fsp3) is 0.200. The van der Waals surface area contributed by atoms with Gasteiger partial charge in [-0.25, -0.2) is 0 Å². The summed E-state index contributed by atoms with van der Waals surface area (Å²) in [6.07, 6.45) is 0. The number of rotatable bonds is 3. The molecule has 2 N–H and O–H groups in total. The molecule has 2 heteroatoms. The Bertz CT molecular complexity index is 503. The maximum Gasteiger partial charge on any atom is 0.0452 e. The molecule has 0 bridgehead atoms. The smallest absolute Gasteiger partial charge is 0.0452 e. The Labute approximate surface area is 107 Å². The normalized spacial score (nSPS) is 10.5. The number of thioether (sulfide) groups is 1. The third-order valence-corrected chi connectivity index (χ3v) is 3.83. The molecule has 0 aliphatic rings. The van der Waals surface area contributed by atoms with E-state index in [9.17, 15) is 0 Å². The Morgan fingerprint density at radius 2 is 1.59 bits per heavy atom. The van der Waals surface area contributed by atoms with Crippen molar-refractivity contribution in [3.63, 3.8) is 0 Å². The third-order valence-electron chi connectivity index (χ3n) is 2.68. The number of hydrogen-bond acceptors (Lipinski definition) is 2. The van der Waals surface area contributed by atoms with Gasteiger partial charge in [0.05, 0.1) is 0 Å². The Morgan fingerprint density at radius 3 is 2.29 bits per heavy atom. The summed E-state index contributed by atoms with van der Waals surface area (Å²) in [6, 6.07) is 14.8. The molecule has 0 heterocycles. The Kier molecular flexibility index (Phi) is 3.75. The van der Waals surface area contributed by atoms with Crippen molar-refractivity contribution in [3.8, 4) is 0 Å². The van der Waals surface area contributed by atoms with Crippen LogP contribution in [0, 0.1) is 13.8 Å². The second-order valence-corrected chi connectivity index (χ2v) is 5.33. The van der Waals surface area contributed by atoms with E-state index in [0.717, 1.165) is 11.4 Å². The Morgan fingerprint density at radius 1 is 0.941 bits per heavy atom. The minimum atomic E-state index is 0.868. The molecule has 88 valence electrons. The predicted molar refractivity (Wildman–Crippen MR) is 76.3 cm³/mol. The molecule has 0 unspecified atom stereocenters. The second kappa shape index (κ2) is 5.28. The zero-order valence-corrected chi connectivity index (χ0v) is 11.1. The van der Waals surface area contributed by atoms with E-state index in [1.54, 1.807) is 11.8 Å². The van der Waals surface area contributed by atoms with Gasteiger partial charge in [-0.05, 0) is 37.1 Å². The van der Waals surface area contributed by atoms with E-state index >= 15 is 0 Å². The number of anilines is 1. The van der Waals surface area contributed by atoms with Crippen molar-refractivity contribution in [2.75, 3.05) is 5.73 Å². The van der Waals surface area contributed by atoms with Gasteiger partial charge in [-0.2, -0.15) is 0 Å². The standard InChI is InChI=1S/C15H17NS/c1-11-3-6-13(7-4-11)10-17-15-9-12(2)5-8-14(15)16/h3-9H,10,16H2,1-2H3. The van der Waals surface area contributed by atoms with Gasteiger partial charge in [-0.15, -0.1) is 11.8 Å². The van der Waals surface area contributed by atoms with E-state index in [-0.39, 0.29) is 0 Å². The molecule has 0 fully saturated rings. The van der Waals surface area contributed by atoms with Crippen LogP contribution >= 0.6 is 11.8 Å². The lowest BCUT2D eigenvalue weighted by Crippen LogP contribution is -1.90. The molecule has 0 aromatic heterocycles. The first-order chi connectivity index (χ1) is 8.15. The molecule has 1 nitrogen and oxygen atoms in total. The number of hydrogen-bond donors (Lipinski definition) is 1. The van der Waals surface area contributed by atoms with Crippen molar-refractivity contribution in [3.05, 3.63) is 59.2 Å². The van der Waals surface area contributed by atoms with Crippen molar-refractivity contribution in [1.82, 2.24) is 0 Å². The average Bonchev–Trinajstić information content (AvgIpc) is 2.32. The molecule has 0 aliphatic heterocycles. The number of aryl methyl sites for hydroxylation is 2. The summed E-state index contributed by atoms with van der Waals surface area (Å²) in [4.78, 5) is 1.17. The van der Waals surface area contributed by atoms with E-state index in [1.807, 2.05) is 12.1 Å². The molecule has 17 heavy (non-hydrogen) atoms. The third kappa shape index (κ3) is 3.27. The summed E-state index contributed by atoms with van der Waals surface area (Å²) >= 11 is 1.80. The van der Waals surface area contributed by atoms with Crippen LogP contribution < -0.4 is 5.73 Å². The van der Waals surface area contributed by atoms with E-state index in [4.69, 9.17) is 5.73 Å². The van der Waals surface area contributed by atoms with Crippen LogP contribution in [0.15, 0.2) is 47.4 Å².